The van der Waals surface area contributed by atoms with Gasteiger partial charge in [-0.3, -0.25) is 0 Å². The first kappa shape index (κ1) is 15.4. The smallest absolute Gasteiger partial charge is 0.408 e. The summed E-state index contributed by atoms with van der Waals surface area (Å²) in [4.78, 5) is 11.0. The summed E-state index contributed by atoms with van der Waals surface area (Å²) < 4.78 is 50.0. The van der Waals surface area contributed by atoms with E-state index >= 15 is 0 Å². The van der Waals surface area contributed by atoms with E-state index in [0.717, 1.165) is 0 Å². The maximum absolute atomic E-state index is 13.9. The second-order valence-electron chi connectivity index (χ2n) is 3.78. The van der Waals surface area contributed by atoms with Crippen LogP contribution in [0.25, 0.3) is 0 Å². The zero-order valence-electron chi connectivity index (χ0n) is 9.78. The Morgan fingerprint density at radius 2 is 2.16 bits per heavy atom. The Hall–Kier alpha value is -1.63. The molecule has 1 heterocycles. The molecule has 0 radical (unpaired) electrons. The van der Waals surface area contributed by atoms with Crippen LogP contribution in [-0.2, 0) is 4.74 Å². The molecule has 1 atom stereocenters. The van der Waals surface area contributed by atoms with E-state index in [1.54, 1.807) is 0 Å². The largest absolute Gasteiger partial charge is 0.494 e. The van der Waals surface area contributed by atoms with Crippen molar-refractivity contribution < 1.29 is 27.4 Å². The normalized spacial score (nSPS) is 20.8. The lowest BCUT2D eigenvalue weighted by molar-refractivity contribution is -0.105. The van der Waals surface area contributed by atoms with E-state index in [1.807, 2.05) is 5.32 Å². The Labute approximate surface area is 113 Å². The van der Waals surface area contributed by atoms with Crippen molar-refractivity contribution >= 4 is 18.5 Å². The number of carbonyl (C=O) groups is 1. The summed E-state index contributed by atoms with van der Waals surface area (Å²) in [6, 6.07) is 2.07. The zero-order chi connectivity index (χ0) is 13.3. The number of methoxy groups -OCH3 is 1. The average molecular weight is 298 g/mol. The lowest BCUT2D eigenvalue weighted by Crippen LogP contribution is -2.49. The van der Waals surface area contributed by atoms with Gasteiger partial charge in [0.15, 0.2) is 18.2 Å². The van der Waals surface area contributed by atoms with Crippen LogP contribution in [0.2, 0.25) is 0 Å². The molecule has 1 amide bonds. The van der Waals surface area contributed by atoms with E-state index in [0.29, 0.717) is 0 Å². The van der Waals surface area contributed by atoms with Crippen molar-refractivity contribution in [3.8, 4) is 5.75 Å². The first-order valence-corrected chi connectivity index (χ1v) is 5.09. The molecule has 0 spiro atoms. The first-order chi connectivity index (χ1) is 8.45. The minimum Gasteiger partial charge on any atom is -0.494 e. The van der Waals surface area contributed by atoms with Gasteiger partial charge in [-0.1, -0.05) is 12.1 Å². The van der Waals surface area contributed by atoms with Crippen molar-refractivity contribution in [1.29, 1.82) is 0 Å². The van der Waals surface area contributed by atoms with Gasteiger partial charge >= 0.3 is 12.0 Å². The maximum atomic E-state index is 13.9. The van der Waals surface area contributed by atoms with Crippen molar-refractivity contribution in [3.05, 3.63) is 29.6 Å². The van der Waals surface area contributed by atoms with Crippen molar-refractivity contribution in [3.63, 3.8) is 0 Å². The Morgan fingerprint density at radius 1 is 1.47 bits per heavy atom. The number of hydrogen-bond acceptors (Lipinski definition) is 3. The number of carbonyl (C=O) groups excluding carboxylic acids is 1. The summed E-state index contributed by atoms with van der Waals surface area (Å²) in [5.74, 6) is -4.47. The molecule has 0 aromatic heterocycles. The fourth-order valence-electron chi connectivity index (χ4n) is 1.72. The third-order valence-corrected chi connectivity index (χ3v) is 2.60. The van der Waals surface area contributed by atoms with Crippen LogP contribution in [0.15, 0.2) is 18.2 Å². The van der Waals surface area contributed by atoms with Crippen LogP contribution in [0.3, 0.4) is 0 Å². The summed E-state index contributed by atoms with van der Waals surface area (Å²) in [5, 5.41) is 1.91. The standard InChI is InChI=1S/C11H10F3NO3.ClH/c1-17-7-4-2-3-6(8(7)12)9-11(13,14)5-18-10(16)15-9;/h2-4,9H,5H2,1H3,(H,15,16);1H/t9-;/m1./s1. The monoisotopic (exact) mass is 297 g/mol. The quantitative estimate of drug-likeness (QED) is 0.913. The molecule has 1 aliphatic heterocycles. The van der Waals surface area contributed by atoms with Gasteiger partial charge in [-0.2, -0.15) is 0 Å². The molecule has 0 unspecified atom stereocenters. The predicted octanol–water partition coefficient (Wildman–Crippen LogP) is 2.67. The average Bonchev–Trinajstić information content (AvgIpc) is 2.33. The molecule has 0 aliphatic carbocycles. The number of ether oxygens (including phenoxy) is 2. The SMILES string of the molecule is COc1cccc([C@H]2NC(=O)OCC2(F)F)c1F.Cl. The van der Waals surface area contributed by atoms with E-state index in [9.17, 15) is 18.0 Å². The second kappa shape index (κ2) is 5.56. The number of nitrogens with one attached hydrogen (secondary N) is 1. The van der Waals surface area contributed by atoms with E-state index in [4.69, 9.17) is 4.74 Å². The maximum Gasteiger partial charge on any atom is 0.408 e. The van der Waals surface area contributed by atoms with Gasteiger partial charge in [0.1, 0.15) is 6.04 Å². The van der Waals surface area contributed by atoms with Crippen molar-refractivity contribution in [2.45, 2.75) is 12.0 Å². The molecule has 19 heavy (non-hydrogen) atoms. The van der Waals surface area contributed by atoms with Gasteiger partial charge in [0.25, 0.3) is 0 Å². The zero-order valence-corrected chi connectivity index (χ0v) is 10.6. The minimum absolute atomic E-state index is 0. The molecule has 0 bridgehead atoms. The van der Waals surface area contributed by atoms with Crippen LogP contribution < -0.4 is 10.1 Å². The molecule has 1 aromatic carbocycles. The lowest BCUT2D eigenvalue weighted by Gasteiger charge is -2.32. The number of cyclic esters (lactones) is 1. The molecular formula is C11H11ClF3NO3. The minimum atomic E-state index is -3.39. The number of amides is 1. The van der Waals surface area contributed by atoms with Crippen molar-refractivity contribution in [1.82, 2.24) is 5.32 Å². The molecule has 1 aromatic rings. The van der Waals surface area contributed by atoms with Crippen molar-refractivity contribution in [2.75, 3.05) is 13.7 Å². The number of hydrogen-bond donors (Lipinski definition) is 1. The van der Waals surface area contributed by atoms with Gasteiger partial charge in [-0.05, 0) is 6.07 Å². The molecule has 2 rings (SSSR count). The van der Waals surface area contributed by atoms with E-state index in [-0.39, 0.29) is 23.7 Å². The molecule has 1 aliphatic rings. The highest BCUT2D eigenvalue weighted by atomic mass is 35.5. The van der Waals surface area contributed by atoms with E-state index in [1.165, 1.54) is 25.3 Å². The van der Waals surface area contributed by atoms with Crippen LogP contribution in [0, 0.1) is 5.82 Å². The molecule has 4 nitrogen and oxygen atoms in total. The third-order valence-electron chi connectivity index (χ3n) is 2.60. The number of alkyl carbamates (subject to hydrolysis) is 1. The lowest BCUT2D eigenvalue weighted by atomic mass is 9.99. The Balaban J connectivity index is 0.00000180. The number of halogens is 4. The molecular weight excluding hydrogens is 287 g/mol. The molecule has 1 fully saturated rings. The third kappa shape index (κ3) is 2.86. The summed E-state index contributed by atoms with van der Waals surface area (Å²) in [5.41, 5.74) is -0.337. The molecule has 8 heteroatoms. The van der Waals surface area contributed by atoms with Crippen molar-refractivity contribution in [2.24, 2.45) is 0 Å². The predicted molar refractivity (Wildman–Crippen MR) is 62.4 cm³/mol. The van der Waals surface area contributed by atoms with E-state index < -0.39 is 30.5 Å². The summed E-state index contributed by atoms with van der Waals surface area (Å²) in [6.45, 7) is -1.08. The number of alkyl halides is 2. The number of benzene rings is 1. The fourth-order valence-corrected chi connectivity index (χ4v) is 1.72. The highest BCUT2D eigenvalue weighted by molar-refractivity contribution is 5.85. The fraction of sp³-hybridized carbons (Fsp3) is 0.364. The van der Waals surface area contributed by atoms with Crippen LogP contribution >= 0.6 is 12.4 Å². The summed E-state index contributed by atoms with van der Waals surface area (Å²) in [7, 11) is 1.23. The molecule has 1 saturated heterocycles. The second-order valence-corrected chi connectivity index (χ2v) is 3.78. The Morgan fingerprint density at radius 3 is 2.79 bits per heavy atom. The van der Waals surface area contributed by atoms with Gasteiger partial charge in [-0.15, -0.1) is 12.4 Å². The van der Waals surface area contributed by atoms with Crippen LogP contribution in [0.5, 0.6) is 5.75 Å². The molecule has 0 saturated carbocycles. The molecule has 1 N–H and O–H groups in total. The van der Waals surface area contributed by atoms with Crippen LogP contribution in [-0.4, -0.2) is 25.7 Å². The highest BCUT2D eigenvalue weighted by Gasteiger charge is 2.48. The number of rotatable bonds is 2. The summed E-state index contributed by atoms with van der Waals surface area (Å²) in [6.07, 6.45) is -1.01. The molecule has 106 valence electrons. The van der Waals surface area contributed by atoms with Gasteiger partial charge in [0.2, 0.25) is 0 Å². The Bertz CT molecular complexity index is 484. The van der Waals surface area contributed by atoms with Crippen LogP contribution in [0.4, 0.5) is 18.0 Å². The summed E-state index contributed by atoms with van der Waals surface area (Å²) >= 11 is 0. The van der Waals surface area contributed by atoms with Gasteiger partial charge in [-0.25, -0.2) is 18.0 Å². The van der Waals surface area contributed by atoms with Gasteiger partial charge in [0, 0.05) is 5.56 Å². The van der Waals surface area contributed by atoms with Gasteiger partial charge < -0.3 is 14.8 Å². The van der Waals surface area contributed by atoms with E-state index in [2.05, 4.69) is 4.74 Å². The van der Waals surface area contributed by atoms with Gasteiger partial charge in [0.05, 0.1) is 7.11 Å². The first-order valence-electron chi connectivity index (χ1n) is 5.09. The van der Waals surface area contributed by atoms with Crippen LogP contribution in [0.1, 0.15) is 11.6 Å². The topological polar surface area (TPSA) is 47.6 Å². The highest BCUT2D eigenvalue weighted by Crippen LogP contribution is 2.37. The Kier molecular flexibility index (Phi) is 4.52.